The van der Waals surface area contributed by atoms with Gasteiger partial charge in [-0.1, -0.05) is 20.8 Å². The molecular weight excluding hydrogens is 224 g/mol. The summed E-state index contributed by atoms with van der Waals surface area (Å²) in [7, 11) is 0. The van der Waals surface area contributed by atoms with Gasteiger partial charge in [0.05, 0.1) is 11.1 Å². The van der Waals surface area contributed by atoms with E-state index >= 15 is 0 Å². The van der Waals surface area contributed by atoms with Crippen LogP contribution >= 0.6 is 0 Å². The molecule has 0 fully saturated rings. The van der Waals surface area contributed by atoms with Crippen LogP contribution in [-0.4, -0.2) is 9.36 Å². The third-order valence-corrected chi connectivity index (χ3v) is 3.02. The molecule has 0 atom stereocenters. The average Bonchev–Trinajstić information content (AvgIpc) is 2.39. The molecule has 1 rings (SSSR count). The summed E-state index contributed by atoms with van der Waals surface area (Å²) in [6.45, 7) is 18.9. The summed E-state index contributed by atoms with van der Waals surface area (Å²) in [4.78, 5) is 12.7. The normalized spacial score (nSPS) is 14.1. The van der Waals surface area contributed by atoms with Crippen LogP contribution in [0.2, 0.25) is 0 Å². The maximum Gasteiger partial charge on any atom is 0.270 e. The Labute approximate surface area is 111 Å². The molecule has 0 amide bonds. The minimum absolute atomic E-state index is 0.101. The lowest BCUT2D eigenvalue weighted by atomic mass is 9.89. The van der Waals surface area contributed by atoms with Crippen molar-refractivity contribution in [3.05, 3.63) is 22.1 Å². The van der Waals surface area contributed by atoms with Crippen molar-refractivity contribution in [1.82, 2.24) is 9.36 Å². The van der Waals surface area contributed by atoms with Crippen molar-refractivity contribution in [2.75, 3.05) is 0 Å². The summed E-state index contributed by atoms with van der Waals surface area (Å²) >= 11 is 0. The molecule has 18 heavy (non-hydrogen) atoms. The number of hydrogen-bond donors (Lipinski definition) is 0. The largest absolute Gasteiger partial charge is 0.284 e. The van der Waals surface area contributed by atoms with E-state index in [0.29, 0.717) is 0 Å². The Morgan fingerprint density at radius 1 is 0.833 bits per heavy atom. The van der Waals surface area contributed by atoms with Crippen LogP contribution in [0.25, 0.3) is 0 Å². The maximum absolute atomic E-state index is 12.7. The zero-order valence-electron chi connectivity index (χ0n) is 13.4. The van der Waals surface area contributed by atoms with Gasteiger partial charge in [0.25, 0.3) is 5.56 Å². The fraction of sp³-hybridized carbons (Fsp3) is 0.800. The van der Waals surface area contributed by atoms with Crippen LogP contribution in [0.1, 0.15) is 67.9 Å². The predicted molar refractivity (Wildman–Crippen MR) is 77.4 cm³/mol. The summed E-state index contributed by atoms with van der Waals surface area (Å²) in [6, 6.07) is 0. The van der Waals surface area contributed by atoms with E-state index < -0.39 is 0 Å². The smallest absolute Gasteiger partial charge is 0.270 e. The highest BCUT2D eigenvalue weighted by molar-refractivity contribution is 5.18. The molecule has 104 valence electrons. The molecule has 0 aliphatic rings. The lowest BCUT2D eigenvalue weighted by Gasteiger charge is -2.31. The van der Waals surface area contributed by atoms with Gasteiger partial charge in [-0.15, -0.1) is 0 Å². The number of rotatable bonds is 0. The molecule has 0 aromatic carbocycles. The first kappa shape index (κ1) is 15.1. The molecule has 1 aromatic heterocycles. The fourth-order valence-electron chi connectivity index (χ4n) is 2.08. The number of hydrogen-bond acceptors (Lipinski definition) is 1. The van der Waals surface area contributed by atoms with Gasteiger partial charge in [-0.05, 0) is 47.0 Å². The van der Waals surface area contributed by atoms with Gasteiger partial charge in [-0.25, -0.2) is 4.68 Å². The van der Waals surface area contributed by atoms with Crippen molar-refractivity contribution in [3.63, 3.8) is 0 Å². The highest BCUT2D eigenvalue weighted by Gasteiger charge is 2.30. The van der Waals surface area contributed by atoms with Gasteiger partial charge in [0.2, 0.25) is 0 Å². The first-order valence-electron chi connectivity index (χ1n) is 6.62. The monoisotopic (exact) mass is 252 g/mol. The molecule has 1 heterocycles. The number of aromatic nitrogens is 2. The van der Waals surface area contributed by atoms with E-state index in [9.17, 15) is 4.79 Å². The third kappa shape index (κ3) is 2.70. The van der Waals surface area contributed by atoms with Crippen LogP contribution < -0.4 is 5.56 Å². The van der Waals surface area contributed by atoms with E-state index in [4.69, 9.17) is 0 Å². The first-order valence-corrected chi connectivity index (χ1v) is 6.62. The van der Waals surface area contributed by atoms with Crippen molar-refractivity contribution >= 4 is 0 Å². The molecule has 0 saturated carbocycles. The molecule has 0 bridgehead atoms. The summed E-state index contributed by atoms with van der Waals surface area (Å²) in [5.41, 5.74) is 0.571. The highest BCUT2D eigenvalue weighted by Crippen LogP contribution is 2.25. The second-order valence-electron chi connectivity index (χ2n) is 8.10. The Morgan fingerprint density at radius 3 is 1.50 bits per heavy atom. The lowest BCUT2D eigenvalue weighted by Crippen LogP contribution is -2.42. The van der Waals surface area contributed by atoms with E-state index in [1.54, 1.807) is 0 Å². The maximum atomic E-state index is 12.7. The third-order valence-electron chi connectivity index (χ3n) is 3.02. The van der Waals surface area contributed by atoms with Gasteiger partial charge in [-0.3, -0.25) is 9.48 Å². The zero-order chi connectivity index (χ0) is 14.5. The fourth-order valence-corrected chi connectivity index (χ4v) is 2.08. The Balaban J connectivity index is 3.69. The van der Waals surface area contributed by atoms with Crippen molar-refractivity contribution in [3.8, 4) is 0 Å². The summed E-state index contributed by atoms with van der Waals surface area (Å²) in [5, 5.41) is 0. The SMILES string of the molecule is CC(C)(C)c1cn(C(C)(C)C)n(C(C)(C)C)c1=O. The van der Waals surface area contributed by atoms with Gasteiger partial charge < -0.3 is 0 Å². The Hall–Kier alpha value is -0.990. The average molecular weight is 252 g/mol. The van der Waals surface area contributed by atoms with Crippen LogP contribution in [0.4, 0.5) is 0 Å². The first-order chi connectivity index (χ1) is 7.76. The van der Waals surface area contributed by atoms with Gasteiger partial charge in [-0.2, -0.15) is 0 Å². The highest BCUT2D eigenvalue weighted by atomic mass is 16.1. The molecule has 3 heteroatoms. The standard InChI is InChI=1S/C15H28N2O/c1-13(2,3)11-10-16(14(4,5)6)17(12(11)18)15(7,8)9/h10H,1-9H3. The van der Waals surface area contributed by atoms with E-state index in [1.807, 2.05) is 10.9 Å². The van der Waals surface area contributed by atoms with Crippen LogP contribution in [0.3, 0.4) is 0 Å². The topological polar surface area (TPSA) is 26.9 Å². The van der Waals surface area contributed by atoms with Crippen LogP contribution in [0, 0.1) is 0 Å². The van der Waals surface area contributed by atoms with Gasteiger partial charge in [0.1, 0.15) is 0 Å². The quantitative estimate of drug-likeness (QED) is 0.694. The van der Waals surface area contributed by atoms with Crippen LogP contribution in [0.5, 0.6) is 0 Å². The van der Waals surface area contributed by atoms with Crippen molar-refractivity contribution < 1.29 is 0 Å². The molecular formula is C15H28N2O. The Morgan fingerprint density at radius 2 is 1.28 bits per heavy atom. The van der Waals surface area contributed by atoms with Gasteiger partial charge >= 0.3 is 0 Å². The minimum Gasteiger partial charge on any atom is -0.284 e. The molecule has 0 N–H and O–H groups in total. The van der Waals surface area contributed by atoms with Gasteiger partial charge in [0, 0.05) is 11.8 Å². The van der Waals surface area contributed by atoms with E-state index in [1.165, 1.54) is 0 Å². The summed E-state index contributed by atoms with van der Waals surface area (Å²) < 4.78 is 3.96. The molecule has 0 aliphatic heterocycles. The Bertz CT molecular complexity index is 485. The van der Waals surface area contributed by atoms with E-state index in [2.05, 4.69) is 67.0 Å². The van der Waals surface area contributed by atoms with E-state index in [0.717, 1.165) is 5.56 Å². The summed E-state index contributed by atoms with van der Waals surface area (Å²) in [6.07, 6.45) is 2.02. The van der Waals surface area contributed by atoms with Crippen molar-refractivity contribution in [2.24, 2.45) is 0 Å². The van der Waals surface area contributed by atoms with Crippen molar-refractivity contribution in [1.29, 1.82) is 0 Å². The molecule has 0 spiro atoms. The van der Waals surface area contributed by atoms with Crippen LogP contribution in [0.15, 0.2) is 11.0 Å². The second kappa shape index (κ2) is 4.01. The molecule has 0 radical (unpaired) electrons. The zero-order valence-corrected chi connectivity index (χ0v) is 13.4. The number of nitrogens with zero attached hydrogens (tertiary/aromatic N) is 2. The lowest BCUT2D eigenvalue weighted by molar-refractivity contribution is 0.212. The van der Waals surface area contributed by atoms with Crippen LogP contribution in [-0.2, 0) is 16.5 Å². The molecule has 1 aromatic rings. The molecule has 3 nitrogen and oxygen atoms in total. The van der Waals surface area contributed by atoms with E-state index in [-0.39, 0.29) is 22.1 Å². The van der Waals surface area contributed by atoms with Crippen molar-refractivity contribution in [2.45, 2.75) is 78.8 Å². The predicted octanol–water partition coefficient (Wildman–Crippen LogP) is 3.46. The molecule has 0 aliphatic carbocycles. The minimum atomic E-state index is -0.214. The second-order valence-corrected chi connectivity index (χ2v) is 8.10. The molecule has 0 saturated heterocycles. The summed E-state index contributed by atoms with van der Waals surface area (Å²) in [5.74, 6) is 0. The van der Waals surface area contributed by atoms with Gasteiger partial charge in [0.15, 0.2) is 0 Å². The Kier molecular flexibility index (Phi) is 3.35. The molecule has 0 unspecified atom stereocenters.